The molecule has 1 fully saturated rings. The van der Waals surface area contributed by atoms with Crippen molar-refractivity contribution in [3.63, 3.8) is 0 Å². The number of rotatable bonds is 8. The lowest BCUT2D eigenvalue weighted by molar-refractivity contribution is 0.0601. The van der Waals surface area contributed by atoms with Crippen molar-refractivity contribution in [2.45, 2.75) is 51.1 Å². The quantitative estimate of drug-likeness (QED) is 0.442. The lowest BCUT2D eigenvalue weighted by Crippen LogP contribution is -2.57. The van der Waals surface area contributed by atoms with Crippen molar-refractivity contribution in [3.05, 3.63) is 75.7 Å². The molecule has 4 rings (SSSR count). The number of pyridine rings is 1. The molecule has 1 saturated carbocycles. The molecule has 8 nitrogen and oxygen atoms in total. The first-order valence-corrected chi connectivity index (χ1v) is 11.7. The summed E-state index contributed by atoms with van der Waals surface area (Å²) >= 11 is 0. The van der Waals surface area contributed by atoms with Crippen LogP contribution in [0.25, 0.3) is 0 Å². The number of aromatic hydroxyl groups is 1. The van der Waals surface area contributed by atoms with E-state index in [4.69, 9.17) is 0 Å². The predicted octanol–water partition coefficient (Wildman–Crippen LogP) is 3.02. The van der Waals surface area contributed by atoms with Crippen LogP contribution in [0, 0.1) is 11.6 Å². The van der Waals surface area contributed by atoms with Gasteiger partial charge in [0.15, 0.2) is 11.4 Å². The maximum Gasteiger partial charge on any atom is 0.278 e. The lowest BCUT2D eigenvalue weighted by atomic mass is 10.1. The molecule has 0 spiro atoms. The Morgan fingerprint density at radius 1 is 1.23 bits per heavy atom. The van der Waals surface area contributed by atoms with Gasteiger partial charge in [-0.15, -0.1) is 6.58 Å². The lowest BCUT2D eigenvalue weighted by Gasteiger charge is -2.42. The van der Waals surface area contributed by atoms with E-state index in [0.29, 0.717) is 19.0 Å². The summed E-state index contributed by atoms with van der Waals surface area (Å²) < 4.78 is 28.4. The molecule has 35 heavy (non-hydrogen) atoms. The van der Waals surface area contributed by atoms with Crippen molar-refractivity contribution in [2.24, 2.45) is 0 Å². The van der Waals surface area contributed by atoms with Crippen molar-refractivity contribution >= 4 is 11.8 Å². The maximum atomic E-state index is 13.9. The molecule has 1 aliphatic carbocycles. The van der Waals surface area contributed by atoms with Gasteiger partial charge in [0.2, 0.25) is 5.43 Å². The third-order valence-electron chi connectivity index (χ3n) is 6.54. The molecule has 0 unspecified atom stereocenters. The topological polar surface area (TPSA) is 94.9 Å². The summed E-state index contributed by atoms with van der Waals surface area (Å²) in [6.07, 6.45) is 8.21. The van der Waals surface area contributed by atoms with E-state index < -0.39 is 34.6 Å². The van der Waals surface area contributed by atoms with Crippen molar-refractivity contribution in [1.82, 2.24) is 14.9 Å². The van der Waals surface area contributed by atoms with E-state index in [1.165, 1.54) is 16.9 Å². The van der Waals surface area contributed by atoms with Crippen LogP contribution in [0.3, 0.4) is 0 Å². The highest BCUT2D eigenvalue weighted by atomic mass is 19.1. The van der Waals surface area contributed by atoms with Crippen LogP contribution in [0.1, 0.15) is 64.9 Å². The number of benzene rings is 1. The molecular formula is C25H28F2N4O4. The normalized spacial score (nSPS) is 15.9. The monoisotopic (exact) mass is 486 g/mol. The van der Waals surface area contributed by atoms with Gasteiger partial charge in [-0.25, -0.2) is 8.78 Å². The molecule has 10 heteroatoms. The van der Waals surface area contributed by atoms with E-state index in [1.807, 2.05) is 5.01 Å². The summed E-state index contributed by atoms with van der Waals surface area (Å²) in [7, 11) is 0. The van der Waals surface area contributed by atoms with Crippen molar-refractivity contribution in [3.8, 4) is 5.75 Å². The van der Waals surface area contributed by atoms with Crippen LogP contribution in [0.15, 0.2) is 41.8 Å². The number of carbonyl (C=O) groups excluding carboxylic acids is 2. The van der Waals surface area contributed by atoms with E-state index >= 15 is 0 Å². The number of allylic oxidation sites excluding steroid dienone is 1. The first-order chi connectivity index (χ1) is 16.8. The highest BCUT2D eigenvalue weighted by Crippen LogP contribution is 2.29. The van der Waals surface area contributed by atoms with Gasteiger partial charge in [-0.1, -0.05) is 25.0 Å². The zero-order valence-corrected chi connectivity index (χ0v) is 19.3. The zero-order chi connectivity index (χ0) is 25.1. The van der Waals surface area contributed by atoms with Crippen LogP contribution < -0.4 is 15.8 Å². The van der Waals surface area contributed by atoms with Crippen LogP contribution >= 0.6 is 0 Å². The molecule has 186 valence electrons. The largest absolute Gasteiger partial charge is 0.502 e. The Morgan fingerprint density at radius 2 is 1.97 bits per heavy atom. The number of fused-ring (bicyclic) bond motifs is 1. The van der Waals surface area contributed by atoms with E-state index in [9.17, 15) is 28.3 Å². The molecule has 0 bridgehead atoms. The fourth-order valence-corrected chi connectivity index (χ4v) is 4.65. The molecule has 1 aromatic heterocycles. The Kier molecular flexibility index (Phi) is 7.18. The van der Waals surface area contributed by atoms with E-state index in [2.05, 4.69) is 11.9 Å². The molecule has 0 radical (unpaired) electrons. The average molecular weight is 487 g/mol. The standard InChI is InChI=1S/C25H28F2N4O4/c1-2-3-6-11-29-15-30(18-7-4-5-8-18)25(35)21-23(33)22(32)19(14-31(21)29)24(34)28-13-16-9-10-17(26)12-20(16)27/h2,9-10,12,14,18,33H,1,3-8,11,13,15H2,(H,28,34). The summed E-state index contributed by atoms with van der Waals surface area (Å²) in [6, 6.07) is 2.98. The number of hydrogen-bond donors (Lipinski definition) is 2. The highest BCUT2D eigenvalue weighted by molar-refractivity contribution is 5.99. The summed E-state index contributed by atoms with van der Waals surface area (Å²) in [5.41, 5.74) is -1.51. The fourth-order valence-electron chi connectivity index (χ4n) is 4.65. The molecule has 2 aliphatic rings. The highest BCUT2D eigenvalue weighted by Gasteiger charge is 2.38. The number of carbonyl (C=O) groups is 2. The smallest absolute Gasteiger partial charge is 0.278 e. The van der Waals surface area contributed by atoms with Crippen LogP contribution in [-0.2, 0) is 6.54 Å². The summed E-state index contributed by atoms with van der Waals surface area (Å²) in [5, 5.41) is 15.0. The number of unbranched alkanes of at least 4 members (excludes halogenated alkanes) is 1. The third kappa shape index (κ3) is 4.91. The van der Waals surface area contributed by atoms with Gasteiger partial charge in [0.25, 0.3) is 11.8 Å². The number of nitrogens with one attached hydrogen (secondary N) is 1. The minimum Gasteiger partial charge on any atom is -0.502 e. The number of halogens is 2. The second-order valence-corrected chi connectivity index (χ2v) is 8.85. The van der Waals surface area contributed by atoms with E-state index in [0.717, 1.165) is 38.2 Å². The van der Waals surface area contributed by atoms with Gasteiger partial charge >= 0.3 is 0 Å². The Balaban J connectivity index is 1.65. The van der Waals surface area contributed by atoms with Crippen LogP contribution in [0.2, 0.25) is 0 Å². The SMILES string of the molecule is C=CCCCN1CN(C2CCCC2)C(=O)c2c(O)c(=O)c(C(=O)NCc3ccc(F)cc3F)cn21. The summed E-state index contributed by atoms with van der Waals surface area (Å²) in [5.74, 6) is -3.68. The van der Waals surface area contributed by atoms with Gasteiger partial charge in [-0.05, 0) is 31.7 Å². The third-order valence-corrected chi connectivity index (χ3v) is 6.54. The van der Waals surface area contributed by atoms with Crippen LogP contribution in [-0.4, -0.2) is 45.8 Å². The Labute approximate surface area is 201 Å². The minimum absolute atomic E-state index is 0.0289. The van der Waals surface area contributed by atoms with E-state index in [1.54, 1.807) is 11.0 Å². The van der Waals surface area contributed by atoms with Crippen molar-refractivity contribution in [1.29, 1.82) is 0 Å². The van der Waals surface area contributed by atoms with Crippen LogP contribution in [0.4, 0.5) is 8.78 Å². The predicted molar refractivity (Wildman–Crippen MR) is 126 cm³/mol. The van der Waals surface area contributed by atoms with Gasteiger partial charge in [-0.2, -0.15) is 0 Å². The van der Waals surface area contributed by atoms with Gasteiger partial charge in [-0.3, -0.25) is 24.1 Å². The summed E-state index contributed by atoms with van der Waals surface area (Å²) in [4.78, 5) is 40.7. The summed E-state index contributed by atoms with van der Waals surface area (Å²) in [6.45, 7) is 4.20. The molecule has 1 aliphatic heterocycles. The minimum atomic E-state index is -0.985. The average Bonchev–Trinajstić information content (AvgIpc) is 3.36. The van der Waals surface area contributed by atoms with Crippen LogP contribution in [0.5, 0.6) is 5.75 Å². The molecule has 2 amide bonds. The Morgan fingerprint density at radius 3 is 2.66 bits per heavy atom. The molecule has 2 N–H and O–H groups in total. The Hall–Kier alpha value is -3.69. The second-order valence-electron chi connectivity index (χ2n) is 8.85. The molecule has 2 aromatic rings. The van der Waals surface area contributed by atoms with Crippen molar-refractivity contribution < 1.29 is 23.5 Å². The maximum absolute atomic E-state index is 13.9. The fraction of sp³-hybridized carbons (Fsp3) is 0.400. The second kappa shape index (κ2) is 10.3. The van der Waals surface area contributed by atoms with Crippen molar-refractivity contribution in [2.75, 3.05) is 18.2 Å². The molecule has 0 atom stereocenters. The van der Waals surface area contributed by atoms with Gasteiger partial charge in [0, 0.05) is 37.0 Å². The molecule has 2 heterocycles. The number of aromatic nitrogens is 1. The number of amides is 2. The first-order valence-electron chi connectivity index (χ1n) is 11.7. The van der Waals surface area contributed by atoms with Gasteiger partial charge in [0.05, 0.1) is 0 Å². The number of hydrogen-bond acceptors (Lipinski definition) is 5. The molecule has 1 aromatic carbocycles. The number of nitrogens with zero attached hydrogens (tertiary/aromatic N) is 3. The molecule has 0 saturated heterocycles. The first kappa shape index (κ1) is 24.4. The molecular weight excluding hydrogens is 458 g/mol. The van der Waals surface area contributed by atoms with Gasteiger partial charge < -0.3 is 15.3 Å². The van der Waals surface area contributed by atoms with E-state index in [-0.39, 0.29) is 36.1 Å². The van der Waals surface area contributed by atoms with Gasteiger partial charge in [0.1, 0.15) is 23.9 Å². The zero-order valence-electron chi connectivity index (χ0n) is 19.3. The Bertz CT molecular complexity index is 1210.